The summed E-state index contributed by atoms with van der Waals surface area (Å²) in [7, 11) is -7.81. The maximum Gasteiger partial charge on any atom is 0.459 e. The van der Waals surface area contributed by atoms with Crippen molar-refractivity contribution in [2.45, 2.75) is 35.4 Å². The van der Waals surface area contributed by atoms with Crippen LogP contribution in [-0.2, 0) is 10.1 Å². The van der Waals surface area contributed by atoms with E-state index < -0.39 is 45.5 Å². The van der Waals surface area contributed by atoms with Crippen molar-refractivity contribution in [3.05, 3.63) is 0 Å². The zero-order valence-electron chi connectivity index (χ0n) is 9.25. The van der Waals surface area contributed by atoms with Gasteiger partial charge in [-0.1, -0.05) is 0 Å². The fourth-order valence-corrected chi connectivity index (χ4v) is 1.68. The minimum atomic E-state index is -7.81. The van der Waals surface area contributed by atoms with Gasteiger partial charge in [-0.15, -0.1) is 0 Å². The van der Waals surface area contributed by atoms with Gasteiger partial charge in [0.05, 0.1) is 0 Å². The van der Waals surface area contributed by atoms with Gasteiger partial charge in [0.25, 0.3) is 0 Å². The van der Waals surface area contributed by atoms with Crippen LogP contribution in [0.2, 0.25) is 0 Å². The smallest absolute Gasteiger partial charge is 0.459 e. The average Bonchev–Trinajstić information content (AvgIpc) is 2.21. The Hall–Kier alpha value is -0.930. The summed E-state index contributed by atoms with van der Waals surface area (Å²) in [6, 6.07) is 0. The highest BCUT2D eigenvalue weighted by Crippen LogP contribution is 2.55. The number of hydrogen-bond acceptors (Lipinski definition) is 3. The molecule has 0 saturated heterocycles. The zero-order valence-corrected chi connectivity index (χ0v) is 10.1. The molecule has 0 saturated carbocycles. The second kappa shape index (κ2) is 5.04. The summed E-state index contributed by atoms with van der Waals surface area (Å²) in [4.78, 5) is 0. The molecule has 22 heavy (non-hydrogen) atoms. The molecule has 0 aliphatic rings. The molecule has 0 aromatic carbocycles. The van der Waals surface area contributed by atoms with E-state index in [2.05, 4.69) is 0 Å². The zero-order chi connectivity index (χ0) is 18.6. The van der Waals surface area contributed by atoms with Crippen molar-refractivity contribution in [1.29, 1.82) is 0 Å². The van der Waals surface area contributed by atoms with E-state index in [9.17, 15) is 65.7 Å². The first-order valence-corrected chi connectivity index (χ1v) is 5.74. The summed E-state index contributed by atoms with van der Waals surface area (Å²) in [5.41, 5.74) is 0. The van der Waals surface area contributed by atoms with Crippen LogP contribution in [0.1, 0.15) is 0 Å². The van der Waals surface area contributed by atoms with Gasteiger partial charge in [-0.25, -0.2) is 17.2 Å². The second-order valence-electron chi connectivity index (χ2n) is 3.65. The molecule has 16 heteroatoms. The summed E-state index contributed by atoms with van der Waals surface area (Å²) < 4.78 is 177. The summed E-state index contributed by atoms with van der Waals surface area (Å²) in [5, 5.41) is -7.24. The van der Waals surface area contributed by atoms with Gasteiger partial charge in [-0.05, 0) is 0 Å². The van der Waals surface area contributed by atoms with Gasteiger partial charge >= 0.3 is 29.2 Å². The SMILES string of the molecule is O=S(=O)([O-])C(F)(C(F)C(F)(F)C(F)(F)C(F)(F)F)C(F)(F)F. The monoisotopic (exact) mass is 381 g/mol. The molecule has 0 amide bonds. The summed E-state index contributed by atoms with van der Waals surface area (Å²) >= 11 is 0. The van der Waals surface area contributed by atoms with E-state index in [-0.39, 0.29) is 0 Å². The molecule has 0 bridgehead atoms. The Morgan fingerprint density at radius 3 is 1.23 bits per heavy atom. The molecule has 0 aliphatic carbocycles. The fraction of sp³-hybridized carbons (Fsp3) is 1.00. The van der Waals surface area contributed by atoms with Gasteiger partial charge in [0.1, 0.15) is 10.1 Å². The highest BCUT2D eigenvalue weighted by atomic mass is 32.2. The summed E-state index contributed by atoms with van der Waals surface area (Å²) in [5.74, 6) is -15.2. The topological polar surface area (TPSA) is 57.2 Å². The van der Waals surface area contributed by atoms with Gasteiger partial charge in [0.15, 0.2) is 0 Å². The van der Waals surface area contributed by atoms with Crippen LogP contribution >= 0.6 is 0 Å². The maximum absolute atomic E-state index is 13.0. The molecule has 0 spiro atoms. The predicted molar refractivity (Wildman–Crippen MR) is 40.4 cm³/mol. The molecule has 2 unspecified atom stereocenters. The number of halogens is 12. The molecule has 2 atom stereocenters. The van der Waals surface area contributed by atoms with Crippen molar-refractivity contribution in [3.8, 4) is 0 Å². The van der Waals surface area contributed by atoms with Crippen LogP contribution in [0.25, 0.3) is 0 Å². The van der Waals surface area contributed by atoms with Crippen molar-refractivity contribution >= 4 is 10.1 Å². The van der Waals surface area contributed by atoms with E-state index in [4.69, 9.17) is 0 Å². The predicted octanol–water partition coefficient (Wildman–Crippen LogP) is 2.93. The minimum Gasteiger partial charge on any atom is -0.745 e. The van der Waals surface area contributed by atoms with E-state index >= 15 is 0 Å². The molecule has 0 aromatic heterocycles. The quantitative estimate of drug-likeness (QED) is 0.556. The van der Waals surface area contributed by atoms with Gasteiger partial charge in [0.2, 0.25) is 6.17 Å². The lowest BCUT2D eigenvalue weighted by Gasteiger charge is -2.38. The Balaban J connectivity index is 6.39. The van der Waals surface area contributed by atoms with E-state index in [1.165, 1.54) is 0 Å². The molecular formula is C6HF12O3S-. The van der Waals surface area contributed by atoms with Gasteiger partial charge in [-0.3, -0.25) is 0 Å². The largest absolute Gasteiger partial charge is 0.745 e. The first kappa shape index (κ1) is 21.1. The molecule has 0 radical (unpaired) electrons. The first-order valence-electron chi connectivity index (χ1n) is 4.33. The molecular weight excluding hydrogens is 380 g/mol. The van der Waals surface area contributed by atoms with Crippen molar-refractivity contribution in [3.63, 3.8) is 0 Å². The van der Waals surface area contributed by atoms with Crippen molar-refractivity contribution in [2.75, 3.05) is 0 Å². The molecule has 0 fully saturated rings. The Kier molecular flexibility index (Phi) is 4.82. The van der Waals surface area contributed by atoms with Crippen LogP contribution in [0.15, 0.2) is 0 Å². The standard InChI is InChI=1S/C6H2F12O3S/c7-1(2(8,9)4(11,12)6(16,17)18)3(10,5(13,14)15)22(19,20)21/h1H,(H,19,20,21)/p-1. The molecule has 0 rings (SSSR count). The highest BCUT2D eigenvalue weighted by molar-refractivity contribution is 7.87. The lowest BCUT2D eigenvalue weighted by Crippen LogP contribution is -2.67. The third kappa shape index (κ3) is 2.81. The molecule has 134 valence electrons. The molecule has 0 N–H and O–H groups in total. The maximum atomic E-state index is 13.0. The summed E-state index contributed by atoms with van der Waals surface area (Å²) in [6.07, 6.45) is -21.1. The average molecular weight is 381 g/mol. The number of hydrogen-bond donors (Lipinski definition) is 0. The number of rotatable bonds is 4. The van der Waals surface area contributed by atoms with E-state index in [1.807, 2.05) is 0 Å². The Morgan fingerprint density at radius 1 is 0.727 bits per heavy atom. The van der Waals surface area contributed by atoms with Crippen LogP contribution in [-0.4, -0.2) is 48.3 Å². The van der Waals surface area contributed by atoms with Crippen molar-refractivity contribution in [1.82, 2.24) is 0 Å². The van der Waals surface area contributed by atoms with Crippen molar-refractivity contribution in [2.24, 2.45) is 0 Å². The third-order valence-electron chi connectivity index (χ3n) is 2.17. The minimum absolute atomic E-state index is 6.39. The third-order valence-corrected chi connectivity index (χ3v) is 3.34. The normalized spacial score (nSPS) is 19.7. The van der Waals surface area contributed by atoms with E-state index in [1.54, 1.807) is 0 Å². The van der Waals surface area contributed by atoms with Crippen LogP contribution in [0.3, 0.4) is 0 Å². The van der Waals surface area contributed by atoms with Gasteiger partial charge in [0, 0.05) is 0 Å². The van der Waals surface area contributed by atoms with Gasteiger partial charge in [-0.2, -0.15) is 43.9 Å². The van der Waals surface area contributed by atoms with Crippen LogP contribution in [0, 0.1) is 0 Å². The lowest BCUT2D eigenvalue weighted by molar-refractivity contribution is -0.378. The van der Waals surface area contributed by atoms with Crippen molar-refractivity contribution < 1.29 is 65.7 Å². The van der Waals surface area contributed by atoms with Crippen LogP contribution in [0.4, 0.5) is 52.7 Å². The van der Waals surface area contributed by atoms with E-state index in [0.29, 0.717) is 0 Å². The lowest BCUT2D eigenvalue weighted by atomic mass is 10.0. The molecule has 0 heterocycles. The van der Waals surface area contributed by atoms with E-state index in [0.717, 1.165) is 0 Å². The summed E-state index contributed by atoms with van der Waals surface area (Å²) in [6.45, 7) is 0. The molecule has 0 aromatic rings. The van der Waals surface area contributed by atoms with Crippen LogP contribution in [0.5, 0.6) is 0 Å². The molecule has 3 nitrogen and oxygen atoms in total. The first-order chi connectivity index (χ1) is 9.15. The second-order valence-corrected chi connectivity index (χ2v) is 5.16. The Morgan fingerprint density at radius 2 is 1.05 bits per heavy atom. The van der Waals surface area contributed by atoms with Crippen LogP contribution < -0.4 is 0 Å². The highest BCUT2D eigenvalue weighted by Gasteiger charge is 2.83. The van der Waals surface area contributed by atoms with Gasteiger partial charge < -0.3 is 4.55 Å². The fourth-order valence-electron chi connectivity index (χ4n) is 0.993. The molecule has 0 aliphatic heterocycles. The number of alkyl halides is 12. The Bertz CT molecular complexity index is 518. The Labute approximate surface area is 112 Å².